The van der Waals surface area contributed by atoms with Gasteiger partial charge in [0.25, 0.3) is 0 Å². The van der Waals surface area contributed by atoms with Gasteiger partial charge in [0.05, 0.1) is 24.8 Å². The van der Waals surface area contributed by atoms with Crippen molar-refractivity contribution in [3.63, 3.8) is 0 Å². The summed E-state index contributed by atoms with van der Waals surface area (Å²) >= 11 is 0. The summed E-state index contributed by atoms with van der Waals surface area (Å²) in [7, 11) is 0. The summed E-state index contributed by atoms with van der Waals surface area (Å²) in [5, 5.41) is 8.68. The third kappa shape index (κ3) is 2.18. The van der Waals surface area contributed by atoms with Crippen molar-refractivity contribution in [1.82, 2.24) is 4.90 Å². The van der Waals surface area contributed by atoms with Gasteiger partial charge in [-0.15, -0.1) is 0 Å². The summed E-state index contributed by atoms with van der Waals surface area (Å²) < 4.78 is 5.38. The molecule has 1 saturated heterocycles. The summed E-state index contributed by atoms with van der Waals surface area (Å²) in [6.45, 7) is 4.75. The fourth-order valence-corrected chi connectivity index (χ4v) is 1.32. The van der Waals surface area contributed by atoms with Crippen LogP contribution in [0.2, 0.25) is 0 Å². The van der Waals surface area contributed by atoms with Crippen molar-refractivity contribution in [1.29, 1.82) is 5.26 Å². The molecule has 12 heavy (non-hydrogen) atoms. The molecule has 4 heteroatoms. The number of ether oxygens (including phenoxy) is 1. The zero-order valence-electron chi connectivity index (χ0n) is 7.36. The number of morpholine rings is 1. The van der Waals surface area contributed by atoms with Crippen LogP contribution < -0.4 is 5.73 Å². The summed E-state index contributed by atoms with van der Waals surface area (Å²) in [5.74, 6) is 0. The van der Waals surface area contributed by atoms with Gasteiger partial charge in [0.15, 0.2) is 0 Å². The van der Waals surface area contributed by atoms with Crippen LogP contribution in [0.5, 0.6) is 0 Å². The largest absolute Gasteiger partial charge is 0.374 e. The van der Waals surface area contributed by atoms with Gasteiger partial charge in [0.1, 0.15) is 0 Å². The Balaban J connectivity index is 2.41. The molecule has 0 aromatic carbocycles. The maximum Gasteiger partial charge on any atom is 0.0951 e. The van der Waals surface area contributed by atoms with Crippen LogP contribution >= 0.6 is 0 Å². The first-order valence-electron chi connectivity index (χ1n) is 4.23. The maximum absolute atomic E-state index is 8.68. The number of hydrogen-bond donors (Lipinski definition) is 1. The van der Waals surface area contributed by atoms with E-state index in [4.69, 9.17) is 15.7 Å². The van der Waals surface area contributed by atoms with E-state index in [9.17, 15) is 0 Å². The monoisotopic (exact) mass is 169 g/mol. The summed E-state index contributed by atoms with van der Waals surface area (Å²) in [5.41, 5.74) is 5.47. The highest BCUT2D eigenvalue weighted by Gasteiger charge is 2.22. The molecule has 0 amide bonds. The van der Waals surface area contributed by atoms with Crippen LogP contribution in [-0.2, 0) is 4.74 Å². The molecule has 0 spiro atoms. The van der Waals surface area contributed by atoms with Crippen LogP contribution in [0.3, 0.4) is 0 Å². The van der Waals surface area contributed by atoms with Gasteiger partial charge in [0, 0.05) is 19.6 Å². The molecule has 4 nitrogen and oxygen atoms in total. The topological polar surface area (TPSA) is 62.3 Å². The lowest BCUT2D eigenvalue weighted by atomic mass is 10.2. The Kier molecular flexibility index (Phi) is 3.48. The van der Waals surface area contributed by atoms with E-state index in [2.05, 4.69) is 11.0 Å². The average molecular weight is 169 g/mol. The third-order valence-corrected chi connectivity index (χ3v) is 2.17. The van der Waals surface area contributed by atoms with Gasteiger partial charge < -0.3 is 10.5 Å². The normalized spacial score (nSPS) is 27.9. The number of nitrogens with two attached hydrogens (primary N) is 1. The molecule has 0 bridgehead atoms. The Morgan fingerprint density at radius 2 is 2.58 bits per heavy atom. The molecule has 1 aliphatic rings. The number of nitrogens with zero attached hydrogens (tertiary/aromatic N) is 2. The molecule has 1 rings (SSSR count). The SMILES string of the molecule is CC(C#N)N1CCOC(CN)C1. The molecule has 2 unspecified atom stereocenters. The molecule has 0 saturated carbocycles. The van der Waals surface area contributed by atoms with E-state index in [1.54, 1.807) is 0 Å². The van der Waals surface area contributed by atoms with Gasteiger partial charge >= 0.3 is 0 Å². The van der Waals surface area contributed by atoms with Gasteiger partial charge in [-0.1, -0.05) is 0 Å². The molecule has 1 heterocycles. The average Bonchev–Trinajstić information content (AvgIpc) is 2.17. The Hall–Kier alpha value is -0.630. The molecule has 0 aromatic heterocycles. The first kappa shape index (κ1) is 9.46. The lowest BCUT2D eigenvalue weighted by molar-refractivity contribution is -0.0290. The molecule has 2 N–H and O–H groups in total. The van der Waals surface area contributed by atoms with Crippen molar-refractivity contribution in [2.24, 2.45) is 5.73 Å². The maximum atomic E-state index is 8.68. The minimum Gasteiger partial charge on any atom is -0.374 e. The van der Waals surface area contributed by atoms with E-state index < -0.39 is 0 Å². The zero-order chi connectivity index (χ0) is 8.97. The van der Waals surface area contributed by atoms with Gasteiger partial charge in [0.2, 0.25) is 0 Å². The van der Waals surface area contributed by atoms with Crippen molar-refractivity contribution >= 4 is 0 Å². The molecular formula is C8H15N3O. The smallest absolute Gasteiger partial charge is 0.0951 e. The summed E-state index contributed by atoms with van der Waals surface area (Å²) in [4.78, 5) is 2.10. The van der Waals surface area contributed by atoms with Gasteiger partial charge in [-0.05, 0) is 6.92 Å². The van der Waals surface area contributed by atoms with Gasteiger partial charge in [-0.3, -0.25) is 4.90 Å². The first-order chi connectivity index (χ1) is 5.77. The van der Waals surface area contributed by atoms with E-state index in [0.29, 0.717) is 13.2 Å². The van der Waals surface area contributed by atoms with Crippen LogP contribution in [0.4, 0.5) is 0 Å². The standard InChI is InChI=1S/C8H15N3O/c1-7(4-9)11-2-3-12-8(5-10)6-11/h7-8H,2-3,5-6,10H2,1H3. The number of hydrogen-bond acceptors (Lipinski definition) is 4. The zero-order valence-corrected chi connectivity index (χ0v) is 7.36. The van der Waals surface area contributed by atoms with Gasteiger partial charge in [-0.25, -0.2) is 0 Å². The quantitative estimate of drug-likeness (QED) is 0.608. The highest BCUT2D eigenvalue weighted by atomic mass is 16.5. The van der Waals surface area contributed by atoms with Crippen molar-refractivity contribution in [2.75, 3.05) is 26.2 Å². The van der Waals surface area contributed by atoms with Crippen LogP contribution in [-0.4, -0.2) is 43.3 Å². The van der Waals surface area contributed by atoms with E-state index in [-0.39, 0.29) is 12.1 Å². The van der Waals surface area contributed by atoms with Crippen LogP contribution in [0, 0.1) is 11.3 Å². The molecule has 68 valence electrons. The third-order valence-electron chi connectivity index (χ3n) is 2.17. The predicted octanol–water partition coefficient (Wildman–Crippen LogP) is -0.442. The second-order valence-corrected chi connectivity index (χ2v) is 3.03. The van der Waals surface area contributed by atoms with E-state index in [1.165, 1.54) is 0 Å². The van der Waals surface area contributed by atoms with Crippen LogP contribution in [0.15, 0.2) is 0 Å². The first-order valence-corrected chi connectivity index (χ1v) is 4.23. The summed E-state index contributed by atoms with van der Waals surface area (Å²) in [6.07, 6.45) is 0.106. The lowest BCUT2D eigenvalue weighted by Gasteiger charge is -2.33. The molecule has 0 aromatic rings. The van der Waals surface area contributed by atoms with E-state index in [1.807, 2.05) is 6.92 Å². The molecule has 0 aliphatic carbocycles. The van der Waals surface area contributed by atoms with E-state index in [0.717, 1.165) is 13.1 Å². The minimum atomic E-state index is -0.0250. The summed E-state index contributed by atoms with van der Waals surface area (Å²) in [6, 6.07) is 2.18. The van der Waals surface area contributed by atoms with Crippen LogP contribution in [0.25, 0.3) is 0 Å². The Morgan fingerprint density at radius 3 is 3.17 bits per heavy atom. The Bertz CT molecular complexity index is 178. The molecule has 1 aliphatic heterocycles. The number of rotatable bonds is 2. The number of nitriles is 1. The van der Waals surface area contributed by atoms with E-state index >= 15 is 0 Å². The second-order valence-electron chi connectivity index (χ2n) is 3.03. The molecular weight excluding hydrogens is 154 g/mol. The highest BCUT2D eigenvalue weighted by Crippen LogP contribution is 2.07. The fraction of sp³-hybridized carbons (Fsp3) is 0.875. The minimum absolute atomic E-state index is 0.0250. The van der Waals surface area contributed by atoms with Crippen molar-refractivity contribution < 1.29 is 4.74 Å². The van der Waals surface area contributed by atoms with Crippen molar-refractivity contribution in [3.8, 4) is 6.07 Å². The fourth-order valence-electron chi connectivity index (χ4n) is 1.32. The van der Waals surface area contributed by atoms with Gasteiger partial charge in [-0.2, -0.15) is 5.26 Å². The molecule has 1 fully saturated rings. The predicted molar refractivity (Wildman–Crippen MR) is 45.4 cm³/mol. The molecule has 2 atom stereocenters. The van der Waals surface area contributed by atoms with Crippen LogP contribution in [0.1, 0.15) is 6.92 Å². The highest BCUT2D eigenvalue weighted by molar-refractivity contribution is 4.90. The molecule has 0 radical (unpaired) electrons. The Morgan fingerprint density at radius 1 is 1.83 bits per heavy atom. The van der Waals surface area contributed by atoms with Crippen molar-refractivity contribution in [2.45, 2.75) is 19.1 Å². The lowest BCUT2D eigenvalue weighted by Crippen LogP contribution is -2.48. The Labute approximate surface area is 72.9 Å². The van der Waals surface area contributed by atoms with Crippen molar-refractivity contribution in [3.05, 3.63) is 0 Å². The second kappa shape index (κ2) is 4.41.